The van der Waals surface area contributed by atoms with Crippen LogP contribution in [0, 0.1) is 0 Å². The van der Waals surface area contributed by atoms with Crippen LogP contribution in [0.5, 0.6) is 5.75 Å². The zero-order valence-corrected chi connectivity index (χ0v) is 11.0. The van der Waals surface area contributed by atoms with E-state index in [1.54, 1.807) is 18.2 Å². The molecule has 88 valence electrons. The number of rotatable bonds is 4. The van der Waals surface area contributed by atoms with Gasteiger partial charge in [0.25, 0.3) is 0 Å². The molecule has 0 aromatic heterocycles. The summed E-state index contributed by atoms with van der Waals surface area (Å²) >= 11 is 17.0. The van der Waals surface area contributed by atoms with Crippen molar-refractivity contribution in [2.45, 2.75) is 13.0 Å². The molecule has 0 saturated heterocycles. The van der Waals surface area contributed by atoms with Crippen LogP contribution < -0.4 is 10.5 Å². The SMILES string of the molecule is CC(N)c1cc(Cl)ccc1OCC(Cl)=CCl. The Hall–Kier alpha value is -0.410. The molecule has 16 heavy (non-hydrogen) atoms. The van der Waals surface area contributed by atoms with Crippen LogP contribution in [-0.2, 0) is 0 Å². The summed E-state index contributed by atoms with van der Waals surface area (Å²) in [6.45, 7) is 2.07. The fraction of sp³-hybridized carbons (Fsp3) is 0.273. The molecule has 1 aromatic rings. The van der Waals surface area contributed by atoms with Crippen molar-refractivity contribution in [2.24, 2.45) is 5.73 Å². The smallest absolute Gasteiger partial charge is 0.125 e. The molecular formula is C11H12Cl3NO. The molecule has 0 amide bonds. The van der Waals surface area contributed by atoms with Gasteiger partial charge in [0, 0.05) is 22.2 Å². The lowest BCUT2D eigenvalue weighted by Gasteiger charge is -2.13. The van der Waals surface area contributed by atoms with E-state index in [4.69, 9.17) is 45.3 Å². The Kier molecular flexibility index (Phi) is 5.42. The third-order valence-corrected chi connectivity index (χ3v) is 2.77. The van der Waals surface area contributed by atoms with Crippen molar-refractivity contribution in [3.05, 3.63) is 39.4 Å². The van der Waals surface area contributed by atoms with Crippen molar-refractivity contribution in [3.8, 4) is 5.75 Å². The van der Waals surface area contributed by atoms with Crippen LogP contribution in [0.25, 0.3) is 0 Å². The van der Waals surface area contributed by atoms with E-state index in [9.17, 15) is 0 Å². The number of hydrogen-bond donors (Lipinski definition) is 1. The number of nitrogens with two attached hydrogens (primary N) is 1. The maximum Gasteiger partial charge on any atom is 0.125 e. The van der Waals surface area contributed by atoms with Gasteiger partial charge in [-0.25, -0.2) is 0 Å². The summed E-state index contributed by atoms with van der Waals surface area (Å²) in [6.07, 6.45) is 0. The minimum absolute atomic E-state index is 0.160. The normalized spacial score (nSPS) is 13.7. The third kappa shape index (κ3) is 3.87. The maximum atomic E-state index is 5.88. The van der Waals surface area contributed by atoms with Crippen molar-refractivity contribution in [1.29, 1.82) is 0 Å². The first-order chi connectivity index (χ1) is 7.54. The Bertz CT molecular complexity index is 391. The predicted molar refractivity (Wildman–Crippen MR) is 69.3 cm³/mol. The third-order valence-electron chi connectivity index (χ3n) is 1.95. The summed E-state index contributed by atoms with van der Waals surface area (Å²) in [6, 6.07) is 5.12. The van der Waals surface area contributed by atoms with E-state index in [-0.39, 0.29) is 12.6 Å². The zero-order valence-electron chi connectivity index (χ0n) is 8.71. The molecule has 2 N–H and O–H groups in total. The maximum absolute atomic E-state index is 5.88. The van der Waals surface area contributed by atoms with Gasteiger partial charge in [-0.2, -0.15) is 0 Å². The zero-order chi connectivity index (χ0) is 12.1. The van der Waals surface area contributed by atoms with Gasteiger partial charge in [0.15, 0.2) is 0 Å². The van der Waals surface area contributed by atoms with Gasteiger partial charge in [0.2, 0.25) is 0 Å². The van der Waals surface area contributed by atoms with Crippen LogP contribution in [-0.4, -0.2) is 6.61 Å². The molecule has 0 fully saturated rings. The summed E-state index contributed by atoms with van der Waals surface area (Å²) in [4.78, 5) is 0. The first-order valence-corrected chi connectivity index (χ1v) is 5.86. The Morgan fingerprint density at radius 1 is 1.56 bits per heavy atom. The molecule has 0 bridgehead atoms. The molecule has 5 heteroatoms. The van der Waals surface area contributed by atoms with Crippen molar-refractivity contribution >= 4 is 34.8 Å². The molecule has 2 nitrogen and oxygen atoms in total. The molecule has 0 aliphatic heterocycles. The second-order valence-electron chi connectivity index (χ2n) is 3.32. The monoisotopic (exact) mass is 279 g/mol. The van der Waals surface area contributed by atoms with Gasteiger partial charge in [-0.3, -0.25) is 0 Å². The Labute approximate surface area is 110 Å². The summed E-state index contributed by atoms with van der Waals surface area (Å²) in [5.41, 5.74) is 7.92. The molecule has 1 atom stereocenters. The highest BCUT2D eigenvalue weighted by molar-refractivity contribution is 6.36. The molecule has 1 rings (SSSR count). The van der Waals surface area contributed by atoms with Gasteiger partial charge < -0.3 is 10.5 Å². The second kappa shape index (κ2) is 6.36. The average Bonchev–Trinajstić information content (AvgIpc) is 2.26. The second-order valence-corrected chi connectivity index (χ2v) is 4.46. The molecule has 0 aliphatic carbocycles. The summed E-state index contributed by atoms with van der Waals surface area (Å²) in [7, 11) is 0. The number of halogens is 3. The molecule has 0 spiro atoms. The van der Waals surface area contributed by atoms with Gasteiger partial charge in [-0.15, -0.1) is 0 Å². The van der Waals surface area contributed by atoms with Crippen LogP contribution in [0.3, 0.4) is 0 Å². The van der Waals surface area contributed by atoms with E-state index < -0.39 is 0 Å². The molecule has 0 saturated carbocycles. The fourth-order valence-electron chi connectivity index (χ4n) is 1.18. The molecule has 0 heterocycles. The van der Waals surface area contributed by atoms with Gasteiger partial charge in [-0.1, -0.05) is 34.8 Å². The lowest BCUT2D eigenvalue weighted by Crippen LogP contribution is -2.08. The van der Waals surface area contributed by atoms with Crippen molar-refractivity contribution in [3.63, 3.8) is 0 Å². The predicted octanol–water partition coefficient (Wildman–Crippen LogP) is 4.06. The van der Waals surface area contributed by atoms with Crippen molar-refractivity contribution < 1.29 is 4.74 Å². The highest BCUT2D eigenvalue weighted by Gasteiger charge is 2.09. The average molecular weight is 281 g/mol. The lowest BCUT2D eigenvalue weighted by molar-refractivity contribution is 0.353. The van der Waals surface area contributed by atoms with E-state index in [0.717, 1.165) is 5.56 Å². The summed E-state index contributed by atoms with van der Waals surface area (Å²) < 4.78 is 5.48. The summed E-state index contributed by atoms with van der Waals surface area (Å²) in [5, 5.41) is 1.05. The van der Waals surface area contributed by atoms with E-state index in [2.05, 4.69) is 0 Å². The molecular weight excluding hydrogens is 268 g/mol. The molecule has 0 aliphatic rings. The van der Waals surface area contributed by atoms with E-state index in [1.165, 1.54) is 5.54 Å². The minimum Gasteiger partial charge on any atom is -0.488 e. The molecule has 1 aromatic carbocycles. The Balaban J connectivity index is 2.87. The first-order valence-electron chi connectivity index (χ1n) is 4.67. The fourth-order valence-corrected chi connectivity index (χ4v) is 1.48. The van der Waals surface area contributed by atoms with Crippen LogP contribution in [0.4, 0.5) is 0 Å². The quantitative estimate of drug-likeness (QED) is 0.903. The van der Waals surface area contributed by atoms with E-state index in [1.807, 2.05) is 6.92 Å². The van der Waals surface area contributed by atoms with Crippen molar-refractivity contribution in [2.75, 3.05) is 6.61 Å². The van der Waals surface area contributed by atoms with Gasteiger partial charge in [0.1, 0.15) is 12.4 Å². The van der Waals surface area contributed by atoms with Gasteiger partial charge in [0.05, 0.1) is 5.03 Å². The highest BCUT2D eigenvalue weighted by atomic mass is 35.5. The van der Waals surface area contributed by atoms with E-state index in [0.29, 0.717) is 15.8 Å². The lowest BCUT2D eigenvalue weighted by atomic mass is 10.1. The van der Waals surface area contributed by atoms with Crippen LogP contribution in [0.1, 0.15) is 18.5 Å². The number of ether oxygens (including phenoxy) is 1. The largest absolute Gasteiger partial charge is 0.488 e. The highest BCUT2D eigenvalue weighted by Crippen LogP contribution is 2.27. The topological polar surface area (TPSA) is 35.2 Å². The van der Waals surface area contributed by atoms with Crippen molar-refractivity contribution in [1.82, 2.24) is 0 Å². The molecule has 0 radical (unpaired) electrons. The summed E-state index contributed by atoms with van der Waals surface area (Å²) in [5.74, 6) is 0.663. The number of benzene rings is 1. The van der Waals surface area contributed by atoms with Gasteiger partial charge in [-0.05, 0) is 25.1 Å². The molecule has 1 unspecified atom stereocenters. The first kappa shape index (κ1) is 13.7. The van der Waals surface area contributed by atoms with Gasteiger partial charge >= 0.3 is 0 Å². The standard InChI is InChI=1S/C11H12Cl3NO/c1-7(15)10-4-8(13)2-3-11(10)16-6-9(14)5-12/h2-5,7H,6,15H2,1H3. The number of hydrogen-bond acceptors (Lipinski definition) is 2. The van der Waals surface area contributed by atoms with Crippen LogP contribution in [0.2, 0.25) is 5.02 Å². The van der Waals surface area contributed by atoms with E-state index >= 15 is 0 Å². The van der Waals surface area contributed by atoms with Crippen LogP contribution >= 0.6 is 34.8 Å². The Morgan fingerprint density at radius 3 is 2.81 bits per heavy atom. The minimum atomic E-state index is -0.160. The Morgan fingerprint density at radius 2 is 2.25 bits per heavy atom. The van der Waals surface area contributed by atoms with Crippen LogP contribution in [0.15, 0.2) is 28.8 Å².